The van der Waals surface area contributed by atoms with Crippen LogP contribution in [0.15, 0.2) is 0 Å². The third-order valence-corrected chi connectivity index (χ3v) is 11.7. The number of carbonyl (C=O) groups excluding carboxylic acids is 2. The summed E-state index contributed by atoms with van der Waals surface area (Å²) in [6, 6.07) is 0. The summed E-state index contributed by atoms with van der Waals surface area (Å²) >= 11 is 0. The Morgan fingerprint density at radius 3 is 0.879 bits per heavy atom. The van der Waals surface area contributed by atoms with Crippen LogP contribution in [0, 0.1) is 0 Å². The quantitative estimate of drug-likeness (QED) is 0.0480. The number of ether oxygens (including phenoxy) is 2. The van der Waals surface area contributed by atoms with E-state index in [-0.39, 0.29) is 18.5 Å². The molecule has 0 aromatic heterocycles. The van der Waals surface area contributed by atoms with Crippen molar-refractivity contribution in [2.75, 3.05) is 78.7 Å². The van der Waals surface area contributed by atoms with E-state index in [4.69, 9.17) is 9.47 Å². The van der Waals surface area contributed by atoms with Crippen molar-refractivity contribution < 1.29 is 24.2 Å². The molecule has 0 aliphatic carbocycles. The van der Waals surface area contributed by atoms with Crippen LogP contribution in [0.4, 0.5) is 0 Å². The van der Waals surface area contributed by atoms with Gasteiger partial charge in [0.05, 0.1) is 26.1 Å². The zero-order chi connectivity index (χ0) is 42.4. The zero-order valence-corrected chi connectivity index (χ0v) is 39.5. The van der Waals surface area contributed by atoms with E-state index in [0.29, 0.717) is 26.1 Å². The Labute approximate surface area is 361 Å². The van der Waals surface area contributed by atoms with E-state index < -0.39 is 0 Å². The molecule has 58 heavy (non-hydrogen) atoms. The maximum atomic E-state index is 12.5. The molecule has 8 nitrogen and oxygen atoms in total. The van der Waals surface area contributed by atoms with Gasteiger partial charge in [0.1, 0.15) is 0 Å². The van der Waals surface area contributed by atoms with Crippen molar-refractivity contribution >= 4 is 11.9 Å². The predicted molar refractivity (Wildman–Crippen MR) is 249 cm³/mol. The first-order valence-electron chi connectivity index (χ1n) is 25.6. The van der Waals surface area contributed by atoms with Crippen LogP contribution < -0.4 is 0 Å². The van der Waals surface area contributed by atoms with E-state index >= 15 is 0 Å². The van der Waals surface area contributed by atoms with Gasteiger partial charge in [-0.1, -0.05) is 156 Å². The fourth-order valence-corrected chi connectivity index (χ4v) is 7.81. The van der Waals surface area contributed by atoms with Gasteiger partial charge in [-0.2, -0.15) is 0 Å². The Morgan fingerprint density at radius 1 is 0.328 bits per heavy atom. The standard InChI is InChI=1S/C50H101N3O5/c1-5-9-13-17-19-27-41-52(39-25-15-11-7-3)44-35-49(55)57-47-33-23-21-29-37-51(43-31-32-46-54)38-30-22-24-34-48-58-50(56)36-45-53(40-26-16-12-8-4)42-28-20-18-14-10-6-2/h54H,5-48H2,1-4H3. The van der Waals surface area contributed by atoms with Gasteiger partial charge in [0.2, 0.25) is 0 Å². The first-order valence-corrected chi connectivity index (χ1v) is 25.6. The lowest BCUT2D eigenvalue weighted by Gasteiger charge is -2.22. The number of nitrogens with zero attached hydrogens (tertiary/aromatic N) is 3. The number of esters is 2. The molecule has 0 aromatic rings. The van der Waals surface area contributed by atoms with Crippen molar-refractivity contribution in [3.8, 4) is 0 Å². The van der Waals surface area contributed by atoms with Crippen molar-refractivity contribution in [2.24, 2.45) is 0 Å². The summed E-state index contributed by atoms with van der Waals surface area (Å²) in [6.07, 6.45) is 37.5. The molecule has 0 saturated carbocycles. The number of carbonyl (C=O) groups is 2. The minimum Gasteiger partial charge on any atom is -0.466 e. The van der Waals surface area contributed by atoms with Gasteiger partial charge in [0, 0.05) is 19.7 Å². The van der Waals surface area contributed by atoms with Crippen molar-refractivity contribution in [3.05, 3.63) is 0 Å². The van der Waals surface area contributed by atoms with Crippen molar-refractivity contribution in [1.29, 1.82) is 0 Å². The second-order valence-corrected chi connectivity index (χ2v) is 17.4. The smallest absolute Gasteiger partial charge is 0.307 e. The van der Waals surface area contributed by atoms with Crippen LogP contribution in [-0.4, -0.2) is 110 Å². The van der Waals surface area contributed by atoms with Crippen LogP contribution in [-0.2, 0) is 19.1 Å². The lowest BCUT2D eigenvalue weighted by atomic mass is 10.1. The van der Waals surface area contributed by atoms with Gasteiger partial charge in [-0.05, 0) is 110 Å². The number of aliphatic hydroxyl groups is 1. The summed E-state index contributed by atoms with van der Waals surface area (Å²) in [6.45, 7) is 19.7. The lowest BCUT2D eigenvalue weighted by molar-refractivity contribution is -0.145. The average Bonchev–Trinajstić information content (AvgIpc) is 3.22. The molecule has 0 radical (unpaired) electrons. The Kier molecular flexibility index (Phi) is 45.9. The molecule has 0 aliphatic heterocycles. The normalized spacial score (nSPS) is 11.7. The molecule has 0 unspecified atom stereocenters. The number of hydrogen-bond donors (Lipinski definition) is 1. The number of aliphatic hydroxyl groups excluding tert-OH is 1. The van der Waals surface area contributed by atoms with Crippen molar-refractivity contribution in [2.45, 2.75) is 233 Å². The van der Waals surface area contributed by atoms with Crippen LogP contribution in [0.5, 0.6) is 0 Å². The maximum Gasteiger partial charge on any atom is 0.307 e. The van der Waals surface area contributed by atoms with Crippen LogP contribution in [0.1, 0.15) is 233 Å². The van der Waals surface area contributed by atoms with Crippen molar-refractivity contribution in [3.63, 3.8) is 0 Å². The molecule has 0 rings (SSSR count). The number of unbranched alkanes of at least 4 members (excludes halogenated alkanes) is 23. The van der Waals surface area contributed by atoms with Gasteiger partial charge < -0.3 is 29.3 Å². The van der Waals surface area contributed by atoms with Crippen LogP contribution in [0.25, 0.3) is 0 Å². The fraction of sp³-hybridized carbons (Fsp3) is 0.960. The summed E-state index contributed by atoms with van der Waals surface area (Å²) in [5, 5.41) is 9.32. The van der Waals surface area contributed by atoms with Gasteiger partial charge in [0.25, 0.3) is 0 Å². The van der Waals surface area contributed by atoms with Gasteiger partial charge in [-0.25, -0.2) is 0 Å². The predicted octanol–water partition coefficient (Wildman–Crippen LogP) is 12.5. The van der Waals surface area contributed by atoms with E-state index in [0.717, 1.165) is 123 Å². The highest BCUT2D eigenvalue weighted by atomic mass is 16.5. The largest absolute Gasteiger partial charge is 0.466 e. The van der Waals surface area contributed by atoms with Crippen LogP contribution >= 0.6 is 0 Å². The Morgan fingerprint density at radius 2 is 0.569 bits per heavy atom. The Bertz CT molecular complexity index is 784. The highest BCUT2D eigenvalue weighted by Crippen LogP contribution is 2.12. The molecular formula is C50H101N3O5. The molecule has 0 fully saturated rings. The summed E-state index contributed by atoms with van der Waals surface area (Å²) < 4.78 is 11.3. The molecule has 1 N–H and O–H groups in total. The van der Waals surface area contributed by atoms with E-state index in [1.807, 2.05) is 0 Å². The summed E-state index contributed by atoms with van der Waals surface area (Å²) in [7, 11) is 0. The third kappa shape index (κ3) is 41.5. The summed E-state index contributed by atoms with van der Waals surface area (Å²) in [4.78, 5) is 32.7. The monoisotopic (exact) mass is 824 g/mol. The molecule has 0 saturated heterocycles. The topological polar surface area (TPSA) is 82.5 Å². The summed E-state index contributed by atoms with van der Waals surface area (Å²) in [5.74, 6) is -0.0766. The summed E-state index contributed by atoms with van der Waals surface area (Å²) in [5.41, 5.74) is 0. The van der Waals surface area contributed by atoms with E-state index in [2.05, 4.69) is 42.4 Å². The fourth-order valence-electron chi connectivity index (χ4n) is 7.81. The minimum atomic E-state index is -0.0383. The molecule has 0 heterocycles. The van der Waals surface area contributed by atoms with Crippen LogP contribution in [0.2, 0.25) is 0 Å². The Hall–Kier alpha value is -1.22. The first-order chi connectivity index (χ1) is 28.5. The molecule has 8 heteroatoms. The number of rotatable bonds is 48. The number of hydrogen-bond acceptors (Lipinski definition) is 8. The van der Waals surface area contributed by atoms with E-state index in [1.165, 1.54) is 128 Å². The highest BCUT2D eigenvalue weighted by Gasteiger charge is 2.12. The molecule has 0 aliphatic rings. The molecule has 346 valence electrons. The molecule has 0 spiro atoms. The molecule has 0 atom stereocenters. The van der Waals surface area contributed by atoms with Gasteiger partial charge >= 0.3 is 11.9 Å². The molecule has 0 bridgehead atoms. The van der Waals surface area contributed by atoms with E-state index in [9.17, 15) is 14.7 Å². The third-order valence-electron chi connectivity index (χ3n) is 11.7. The van der Waals surface area contributed by atoms with Gasteiger partial charge in [-0.15, -0.1) is 0 Å². The molecular weight excluding hydrogens is 723 g/mol. The Balaban J connectivity index is 4.22. The maximum absolute atomic E-state index is 12.5. The van der Waals surface area contributed by atoms with Crippen molar-refractivity contribution in [1.82, 2.24) is 14.7 Å². The molecule has 0 aromatic carbocycles. The second kappa shape index (κ2) is 46.8. The highest BCUT2D eigenvalue weighted by molar-refractivity contribution is 5.69. The SMILES string of the molecule is CCCCCCCCN(CCCCCC)CCC(=O)OCCCCCCN(CCCCO)CCCCCCOC(=O)CCN(CCCCCC)CCCCCCCC. The van der Waals surface area contributed by atoms with E-state index in [1.54, 1.807) is 0 Å². The first kappa shape index (κ1) is 56.8. The molecule has 0 amide bonds. The zero-order valence-electron chi connectivity index (χ0n) is 39.5. The van der Waals surface area contributed by atoms with Crippen LogP contribution in [0.3, 0.4) is 0 Å². The van der Waals surface area contributed by atoms with Gasteiger partial charge in [0.15, 0.2) is 0 Å². The second-order valence-electron chi connectivity index (χ2n) is 17.4. The minimum absolute atomic E-state index is 0.0383. The average molecular weight is 824 g/mol. The van der Waals surface area contributed by atoms with Gasteiger partial charge in [-0.3, -0.25) is 9.59 Å². The lowest BCUT2D eigenvalue weighted by Crippen LogP contribution is -2.29.